The standard InChI is InChI=1S/C14H19NO4/c1-10(11(2)12(16)18-6)8-7-9-15-13(17)19-14(3,4)5/h1-2,9H2,3-6H3,(H,15,17). The van der Waals surface area contributed by atoms with Crippen LogP contribution in [0.1, 0.15) is 20.8 Å². The van der Waals surface area contributed by atoms with E-state index in [0.29, 0.717) is 0 Å². The minimum absolute atomic E-state index is 0.0857. The first-order valence-electron chi connectivity index (χ1n) is 5.59. The van der Waals surface area contributed by atoms with Crippen molar-refractivity contribution in [2.75, 3.05) is 13.7 Å². The fourth-order valence-corrected chi connectivity index (χ4v) is 0.903. The molecule has 104 valence electrons. The molecule has 0 saturated heterocycles. The van der Waals surface area contributed by atoms with Crippen molar-refractivity contribution in [2.45, 2.75) is 26.4 Å². The molecule has 0 aliphatic rings. The van der Waals surface area contributed by atoms with Crippen LogP contribution < -0.4 is 5.32 Å². The number of nitrogens with one attached hydrogen (secondary N) is 1. The van der Waals surface area contributed by atoms with Gasteiger partial charge < -0.3 is 14.8 Å². The van der Waals surface area contributed by atoms with Crippen molar-refractivity contribution in [3.05, 3.63) is 24.3 Å². The van der Waals surface area contributed by atoms with E-state index in [1.807, 2.05) is 0 Å². The van der Waals surface area contributed by atoms with Crippen molar-refractivity contribution in [1.29, 1.82) is 0 Å². The second kappa shape index (κ2) is 7.27. The molecular formula is C14H19NO4. The van der Waals surface area contributed by atoms with Crippen LogP contribution in [-0.4, -0.2) is 31.3 Å². The summed E-state index contributed by atoms with van der Waals surface area (Å²) in [6.45, 7) is 12.5. The summed E-state index contributed by atoms with van der Waals surface area (Å²) in [5, 5.41) is 2.45. The predicted octanol–water partition coefficient (Wildman–Crippen LogP) is 1.80. The van der Waals surface area contributed by atoms with Crippen LogP contribution in [0.5, 0.6) is 0 Å². The molecule has 5 nitrogen and oxygen atoms in total. The van der Waals surface area contributed by atoms with E-state index < -0.39 is 17.7 Å². The maximum absolute atomic E-state index is 11.3. The van der Waals surface area contributed by atoms with E-state index in [9.17, 15) is 9.59 Å². The number of rotatable bonds is 3. The van der Waals surface area contributed by atoms with E-state index in [0.717, 1.165) is 0 Å². The zero-order valence-corrected chi connectivity index (χ0v) is 11.8. The van der Waals surface area contributed by atoms with E-state index in [4.69, 9.17) is 4.74 Å². The molecule has 1 amide bonds. The molecule has 0 rings (SSSR count). The summed E-state index contributed by atoms with van der Waals surface area (Å²) in [6, 6.07) is 0. The Morgan fingerprint density at radius 3 is 2.32 bits per heavy atom. The summed E-state index contributed by atoms with van der Waals surface area (Å²) in [6.07, 6.45) is -0.556. The Bertz CT molecular complexity index is 446. The molecule has 0 aromatic heterocycles. The summed E-state index contributed by atoms with van der Waals surface area (Å²) in [5.41, 5.74) is -0.217. The third kappa shape index (κ3) is 7.66. The number of esters is 1. The average molecular weight is 265 g/mol. The molecule has 0 unspecified atom stereocenters. The summed E-state index contributed by atoms with van der Waals surface area (Å²) < 4.78 is 9.49. The Labute approximate surface area is 113 Å². The molecule has 0 aliphatic carbocycles. The minimum atomic E-state index is -0.584. The van der Waals surface area contributed by atoms with Crippen LogP contribution in [0.15, 0.2) is 24.3 Å². The van der Waals surface area contributed by atoms with Crippen LogP contribution in [0, 0.1) is 11.8 Å². The molecule has 1 N–H and O–H groups in total. The number of amides is 1. The van der Waals surface area contributed by atoms with Crippen molar-refractivity contribution in [2.24, 2.45) is 0 Å². The van der Waals surface area contributed by atoms with Crippen LogP contribution >= 0.6 is 0 Å². The monoisotopic (exact) mass is 265 g/mol. The van der Waals surface area contributed by atoms with Crippen LogP contribution in [-0.2, 0) is 14.3 Å². The van der Waals surface area contributed by atoms with Gasteiger partial charge in [0.05, 0.1) is 19.2 Å². The van der Waals surface area contributed by atoms with Gasteiger partial charge in [0.1, 0.15) is 5.60 Å². The molecule has 5 heteroatoms. The van der Waals surface area contributed by atoms with Crippen LogP contribution in [0.25, 0.3) is 0 Å². The highest BCUT2D eigenvalue weighted by Gasteiger charge is 2.15. The Morgan fingerprint density at radius 1 is 1.26 bits per heavy atom. The van der Waals surface area contributed by atoms with Gasteiger partial charge in [-0.3, -0.25) is 0 Å². The van der Waals surface area contributed by atoms with Crippen molar-refractivity contribution in [3.63, 3.8) is 0 Å². The number of carbonyl (C=O) groups excluding carboxylic acids is 2. The van der Waals surface area contributed by atoms with Crippen molar-refractivity contribution >= 4 is 12.1 Å². The number of methoxy groups -OCH3 is 1. The summed E-state index contributed by atoms with van der Waals surface area (Å²) in [5.74, 6) is 4.65. The van der Waals surface area contributed by atoms with Gasteiger partial charge in [-0.1, -0.05) is 25.0 Å². The van der Waals surface area contributed by atoms with Gasteiger partial charge in [0.25, 0.3) is 0 Å². The van der Waals surface area contributed by atoms with E-state index >= 15 is 0 Å². The molecule has 0 bridgehead atoms. The highest BCUT2D eigenvalue weighted by molar-refractivity contribution is 5.93. The lowest BCUT2D eigenvalue weighted by Gasteiger charge is -2.19. The van der Waals surface area contributed by atoms with E-state index in [1.165, 1.54) is 7.11 Å². The predicted molar refractivity (Wildman–Crippen MR) is 72.3 cm³/mol. The van der Waals surface area contributed by atoms with E-state index in [-0.39, 0.29) is 17.7 Å². The molecule has 0 aromatic rings. The Balaban J connectivity index is 4.20. The largest absolute Gasteiger partial charge is 0.465 e. The third-order valence-electron chi connectivity index (χ3n) is 1.76. The van der Waals surface area contributed by atoms with Gasteiger partial charge in [0.2, 0.25) is 0 Å². The number of hydrogen-bond donors (Lipinski definition) is 1. The summed E-state index contributed by atoms with van der Waals surface area (Å²) in [4.78, 5) is 22.4. The van der Waals surface area contributed by atoms with Crippen molar-refractivity contribution in [3.8, 4) is 11.8 Å². The number of alkyl carbamates (subject to hydrolysis) is 1. The van der Waals surface area contributed by atoms with Gasteiger partial charge in [-0.15, -0.1) is 0 Å². The SMILES string of the molecule is C=C(C#CCNC(=O)OC(C)(C)C)C(=C)C(=O)OC. The molecule has 0 fully saturated rings. The van der Waals surface area contributed by atoms with Gasteiger partial charge in [0, 0.05) is 5.57 Å². The third-order valence-corrected chi connectivity index (χ3v) is 1.76. The van der Waals surface area contributed by atoms with Gasteiger partial charge in [-0.25, -0.2) is 9.59 Å². The molecular weight excluding hydrogens is 246 g/mol. The molecule has 0 saturated carbocycles. The first-order chi connectivity index (χ1) is 8.67. The lowest BCUT2D eigenvalue weighted by atomic mass is 10.1. The zero-order chi connectivity index (χ0) is 15.1. The fraction of sp³-hybridized carbons (Fsp3) is 0.429. The Kier molecular flexibility index (Phi) is 6.42. The molecule has 0 radical (unpaired) electrons. The Morgan fingerprint density at radius 2 is 1.84 bits per heavy atom. The normalized spacial score (nSPS) is 9.68. The van der Waals surface area contributed by atoms with Gasteiger partial charge >= 0.3 is 12.1 Å². The average Bonchev–Trinajstić information content (AvgIpc) is 2.30. The maximum Gasteiger partial charge on any atom is 0.408 e. The van der Waals surface area contributed by atoms with Gasteiger partial charge in [-0.05, 0) is 20.8 Å². The smallest absolute Gasteiger partial charge is 0.408 e. The number of carbonyl (C=O) groups is 2. The molecule has 0 aromatic carbocycles. The minimum Gasteiger partial charge on any atom is -0.465 e. The van der Waals surface area contributed by atoms with Gasteiger partial charge in [0.15, 0.2) is 0 Å². The molecule has 0 spiro atoms. The Hall–Kier alpha value is -2.22. The lowest BCUT2D eigenvalue weighted by molar-refractivity contribution is -0.135. The van der Waals surface area contributed by atoms with E-state index in [2.05, 4.69) is 35.1 Å². The topological polar surface area (TPSA) is 64.6 Å². The second-order valence-electron chi connectivity index (χ2n) is 4.61. The first kappa shape index (κ1) is 16.8. The molecule has 0 heterocycles. The zero-order valence-electron chi connectivity index (χ0n) is 11.8. The number of ether oxygens (including phenoxy) is 2. The maximum atomic E-state index is 11.3. The van der Waals surface area contributed by atoms with Crippen LogP contribution in [0.2, 0.25) is 0 Å². The highest BCUT2D eigenvalue weighted by atomic mass is 16.6. The molecule has 0 aliphatic heterocycles. The van der Waals surface area contributed by atoms with Crippen LogP contribution in [0.3, 0.4) is 0 Å². The van der Waals surface area contributed by atoms with Crippen molar-refractivity contribution in [1.82, 2.24) is 5.32 Å². The van der Waals surface area contributed by atoms with Crippen LogP contribution in [0.4, 0.5) is 4.79 Å². The molecule has 19 heavy (non-hydrogen) atoms. The quantitative estimate of drug-likeness (QED) is 0.366. The molecule has 0 atom stereocenters. The summed E-state index contributed by atoms with van der Waals surface area (Å²) in [7, 11) is 1.25. The first-order valence-corrected chi connectivity index (χ1v) is 5.59. The second-order valence-corrected chi connectivity index (χ2v) is 4.61. The van der Waals surface area contributed by atoms with Crippen molar-refractivity contribution < 1.29 is 19.1 Å². The van der Waals surface area contributed by atoms with Gasteiger partial charge in [-0.2, -0.15) is 0 Å². The number of hydrogen-bond acceptors (Lipinski definition) is 4. The summed E-state index contributed by atoms with van der Waals surface area (Å²) >= 11 is 0. The highest BCUT2D eigenvalue weighted by Crippen LogP contribution is 2.06. The van der Waals surface area contributed by atoms with E-state index in [1.54, 1.807) is 20.8 Å². The lowest BCUT2D eigenvalue weighted by Crippen LogP contribution is -2.32. The fourth-order valence-electron chi connectivity index (χ4n) is 0.903.